The predicted octanol–water partition coefficient (Wildman–Crippen LogP) is 4.86. The molecule has 1 saturated heterocycles. The maximum absolute atomic E-state index is 6.38. The Morgan fingerprint density at radius 1 is 0.921 bits per heavy atom. The standard InChI is InChI=1S/C30H30N6O2/c1-35-13-15-36(16-14-35)19-24-11-12-28(38-24)26-17-25-27(18-32-26)33-30(34-29(25)31)22-7-9-23(10-8-22)37-20-21-5-3-2-4-6-21/h2-12,17-18H,13-16,19-20H2,1H3,(H2,31,33,34). The first-order chi connectivity index (χ1) is 18.6. The molecule has 1 aliphatic rings. The number of fused-ring (bicyclic) bond motifs is 1. The van der Waals surface area contributed by atoms with Gasteiger partial charge in [0.15, 0.2) is 11.6 Å². The van der Waals surface area contributed by atoms with Crippen molar-refractivity contribution >= 4 is 16.7 Å². The zero-order valence-corrected chi connectivity index (χ0v) is 21.4. The summed E-state index contributed by atoms with van der Waals surface area (Å²) >= 11 is 0. The first-order valence-electron chi connectivity index (χ1n) is 12.8. The number of hydrogen-bond acceptors (Lipinski definition) is 8. The molecule has 5 aromatic rings. The van der Waals surface area contributed by atoms with Gasteiger partial charge in [-0.3, -0.25) is 9.88 Å². The molecule has 2 N–H and O–H groups in total. The Morgan fingerprint density at radius 3 is 2.50 bits per heavy atom. The van der Waals surface area contributed by atoms with Gasteiger partial charge in [-0.15, -0.1) is 0 Å². The zero-order valence-electron chi connectivity index (χ0n) is 21.4. The largest absolute Gasteiger partial charge is 0.489 e. The summed E-state index contributed by atoms with van der Waals surface area (Å²) in [5.74, 6) is 3.38. The molecule has 0 amide bonds. The lowest BCUT2D eigenvalue weighted by Crippen LogP contribution is -2.43. The Morgan fingerprint density at radius 2 is 1.71 bits per heavy atom. The van der Waals surface area contributed by atoms with E-state index in [1.165, 1.54) is 0 Å². The second kappa shape index (κ2) is 10.6. The van der Waals surface area contributed by atoms with Crippen molar-refractivity contribution in [1.29, 1.82) is 0 Å². The summed E-state index contributed by atoms with van der Waals surface area (Å²) < 4.78 is 12.0. The van der Waals surface area contributed by atoms with Gasteiger partial charge in [0, 0.05) is 37.1 Å². The van der Waals surface area contributed by atoms with Gasteiger partial charge in [0.1, 0.15) is 29.6 Å². The third-order valence-corrected chi connectivity index (χ3v) is 6.86. The van der Waals surface area contributed by atoms with Crippen molar-refractivity contribution in [2.24, 2.45) is 0 Å². The quantitative estimate of drug-likeness (QED) is 0.335. The number of likely N-dealkylation sites (N-methyl/N-ethyl adjacent to an activating group) is 1. The number of furan rings is 1. The number of hydrogen-bond donors (Lipinski definition) is 1. The molecule has 4 heterocycles. The van der Waals surface area contributed by atoms with Gasteiger partial charge in [0.2, 0.25) is 0 Å². The van der Waals surface area contributed by atoms with Crippen LogP contribution in [0.1, 0.15) is 11.3 Å². The van der Waals surface area contributed by atoms with E-state index in [-0.39, 0.29) is 0 Å². The first kappa shape index (κ1) is 24.1. The number of aromatic nitrogens is 3. The van der Waals surface area contributed by atoms with Crippen LogP contribution in [0.4, 0.5) is 5.82 Å². The summed E-state index contributed by atoms with van der Waals surface area (Å²) in [7, 11) is 2.16. The van der Waals surface area contributed by atoms with Gasteiger partial charge in [-0.25, -0.2) is 9.97 Å². The predicted molar refractivity (Wildman–Crippen MR) is 148 cm³/mol. The van der Waals surface area contributed by atoms with Gasteiger partial charge in [0.05, 0.1) is 18.3 Å². The lowest BCUT2D eigenvalue weighted by Gasteiger charge is -2.31. The van der Waals surface area contributed by atoms with Gasteiger partial charge < -0.3 is 19.8 Å². The van der Waals surface area contributed by atoms with Crippen LogP contribution in [0, 0.1) is 0 Å². The molecule has 0 unspecified atom stereocenters. The molecular weight excluding hydrogens is 476 g/mol. The maximum Gasteiger partial charge on any atom is 0.162 e. The fraction of sp³-hybridized carbons (Fsp3) is 0.233. The van der Waals surface area contributed by atoms with Crippen molar-refractivity contribution in [2.75, 3.05) is 39.0 Å². The average molecular weight is 507 g/mol. The molecule has 8 nitrogen and oxygen atoms in total. The molecule has 1 aliphatic heterocycles. The first-order valence-corrected chi connectivity index (χ1v) is 12.8. The normalized spacial score (nSPS) is 14.7. The van der Waals surface area contributed by atoms with Crippen molar-refractivity contribution in [3.63, 3.8) is 0 Å². The molecule has 2 aromatic carbocycles. The van der Waals surface area contributed by atoms with Crippen LogP contribution in [0.3, 0.4) is 0 Å². The van der Waals surface area contributed by atoms with Crippen LogP contribution in [0.25, 0.3) is 33.7 Å². The number of nitrogens with two attached hydrogens (primary N) is 1. The van der Waals surface area contributed by atoms with E-state index in [2.05, 4.69) is 26.8 Å². The van der Waals surface area contributed by atoms with Crippen molar-refractivity contribution in [1.82, 2.24) is 24.8 Å². The second-order valence-electron chi connectivity index (χ2n) is 9.66. The van der Waals surface area contributed by atoms with Crippen LogP contribution in [0.15, 0.2) is 83.4 Å². The molecule has 1 fully saturated rings. The number of anilines is 1. The third kappa shape index (κ3) is 5.37. The lowest BCUT2D eigenvalue weighted by atomic mass is 10.1. The smallest absolute Gasteiger partial charge is 0.162 e. The summed E-state index contributed by atoms with van der Waals surface area (Å²) in [5.41, 5.74) is 9.75. The van der Waals surface area contributed by atoms with Crippen molar-refractivity contribution in [3.05, 3.63) is 90.3 Å². The highest BCUT2D eigenvalue weighted by atomic mass is 16.5. The lowest BCUT2D eigenvalue weighted by molar-refractivity contribution is 0.140. The minimum atomic E-state index is 0.405. The Kier molecular flexibility index (Phi) is 6.73. The molecule has 8 heteroatoms. The van der Waals surface area contributed by atoms with E-state index in [1.807, 2.05) is 72.8 Å². The molecule has 6 rings (SSSR count). The second-order valence-corrected chi connectivity index (χ2v) is 9.66. The minimum absolute atomic E-state index is 0.405. The Labute approximate surface area is 221 Å². The van der Waals surface area contributed by atoms with Crippen LogP contribution in [-0.4, -0.2) is 58.0 Å². The number of nitrogen functional groups attached to an aromatic ring is 1. The van der Waals surface area contributed by atoms with Crippen molar-refractivity contribution < 1.29 is 9.15 Å². The molecular formula is C30H30N6O2. The fourth-order valence-corrected chi connectivity index (χ4v) is 4.59. The molecule has 192 valence electrons. The highest BCUT2D eigenvalue weighted by Crippen LogP contribution is 2.29. The van der Waals surface area contributed by atoms with Gasteiger partial charge in [-0.05, 0) is 55.1 Å². The number of benzene rings is 2. The van der Waals surface area contributed by atoms with E-state index in [0.717, 1.165) is 60.7 Å². The van der Waals surface area contributed by atoms with Crippen LogP contribution >= 0.6 is 0 Å². The summed E-state index contributed by atoms with van der Waals surface area (Å²) in [6.45, 7) is 5.55. The van der Waals surface area contributed by atoms with Gasteiger partial charge in [0.25, 0.3) is 0 Å². The van der Waals surface area contributed by atoms with Gasteiger partial charge >= 0.3 is 0 Å². The topological polar surface area (TPSA) is 93.5 Å². The number of ether oxygens (including phenoxy) is 1. The Balaban J connectivity index is 1.17. The highest BCUT2D eigenvalue weighted by Gasteiger charge is 2.17. The summed E-state index contributed by atoms with van der Waals surface area (Å²) in [5, 5.41) is 0.749. The van der Waals surface area contributed by atoms with Crippen LogP contribution in [-0.2, 0) is 13.2 Å². The highest BCUT2D eigenvalue weighted by molar-refractivity contribution is 5.91. The van der Waals surface area contributed by atoms with Crippen LogP contribution in [0.5, 0.6) is 5.75 Å². The molecule has 0 radical (unpaired) electrons. The van der Waals surface area contributed by atoms with E-state index in [1.54, 1.807) is 6.20 Å². The van der Waals surface area contributed by atoms with E-state index in [4.69, 9.17) is 19.9 Å². The molecule has 0 bridgehead atoms. The number of rotatable bonds is 7. The van der Waals surface area contributed by atoms with Crippen LogP contribution in [0.2, 0.25) is 0 Å². The maximum atomic E-state index is 6.38. The minimum Gasteiger partial charge on any atom is -0.489 e. The molecule has 0 saturated carbocycles. The van der Waals surface area contributed by atoms with E-state index in [0.29, 0.717) is 35.2 Å². The van der Waals surface area contributed by atoms with Crippen molar-refractivity contribution in [2.45, 2.75) is 13.2 Å². The molecule has 3 aromatic heterocycles. The SMILES string of the molecule is CN1CCN(Cc2ccc(-c3cc4c(N)nc(-c5ccc(OCc6ccccc6)cc5)nc4cn3)o2)CC1. The summed E-state index contributed by atoms with van der Waals surface area (Å²) in [6, 6.07) is 23.7. The zero-order chi connectivity index (χ0) is 25.9. The molecule has 0 atom stereocenters. The monoisotopic (exact) mass is 506 g/mol. The molecule has 0 spiro atoms. The van der Waals surface area contributed by atoms with E-state index in [9.17, 15) is 0 Å². The van der Waals surface area contributed by atoms with E-state index < -0.39 is 0 Å². The number of piperazine rings is 1. The van der Waals surface area contributed by atoms with E-state index >= 15 is 0 Å². The summed E-state index contributed by atoms with van der Waals surface area (Å²) in [6.07, 6.45) is 1.73. The van der Waals surface area contributed by atoms with Crippen molar-refractivity contribution in [3.8, 4) is 28.6 Å². The average Bonchev–Trinajstić information content (AvgIpc) is 3.42. The third-order valence-electron chi connectivity index (χ3n) is 6.86. The molecule has 38 heavy (non-hydrogen) atoms. The molecule has 0 aliphatic carbocycles. The Bertz CT molecular complexity index is 1530. The summed E-state index contributed by atoms with van der Waals surface area (Å²) in [4.78, 5) is 18.7. The fourth-order valence-electron chi connectivity index (χ4n) is 4.59. The Hall–Kier alpha value is -4.27. The van der Waals surface area contributed by atoms with Crippen LogP contribution < -0.4 is 10.5 Å². The van der Waals surface area contributed by atoms with Gasteiger partial charge in [-0.2, -0.15) is 0 Å². The number of pyridine rings is 1. The van der Waals surface area contributed by atoms with Gasteiger partial charge in [-0.1, -0.05) is 30.3 Å². The number of nitrogens with zero attached hydrogens (tertiary/aromatic N) is 5.